The minimum Gasteiger partial charge on any atom is -0.444 e. The maximum absolute atomic E-state index is 12.0. The summed E-state index contributed by atoms with van der Waals surface area (Å²) in [7, 11) is 0. The van der Waals surface area contributed by atoms with Gasteiger partial charge in [0.05, 0.1) is 6.61 Å². The van der Waals surface area contributed by atoms with E-state index >= 15 is 0 Å². The van der Waals surface area contributed by atoms with Gasteiger partial charge in [0.2, 0.25) is 0 Å². The molecular weight excluding hydrogens is 244 g/mol. The molecule has 1 heterocycles. The standard InChI is InChI=1S/C14H28N2O3/c1-14(2,3)19-13(18)16-8-4-5-12(6-9-16)11-15-7-10-17/h12,15,17H,4-11H2,1-3H3. The van der Waals surface area contributed by atoms with E-state index in [1.54, 1.807) is 0 Å². The first-order chi connectivity index (χ1) is 8.92. The lowest BCUT2D eigenvalue weighted by molar-refractivity contribution is 0.0255. The van der Waals surface area contributed by atoms with Crippen molar-refractivity contribution in [1.29, 1.82) is 0 Å². The zero-order chi connectivity index (χ0) is 14.3. The molecule has 1 fully saturated rings. The summed E-state index contributed by atoms with van der Waals surface area (Å²) in [6, 6.07) is 0. The first kappa shape index (κ1) is 16.2. The Morgan fingerprint density at radius 3 is 2.74 bits per heavy atom. The fraction of sp³-hybridized carbons (Fsp3) is 0.929. The molecule has 19 heavy (non-hydrogen) atoms. The van der Waals surface area contributed by atoms with Gasteiger partial charge in [0.15, 0.2) is 0 Å². The lowest BCUT2D eigenvalue weighted by atomic mass is 10.0. The summed E-state index contributed by atoms with van der Waals surface area (Å²) in [5, 5.41) is 12.0. The average molecular weight is 272 g/mol. The van der Waals surface area contributed by atoms with Gasteiger partial charge >= 0.3 is 6.09 Å². The lowest BCUT2D eigenvalue weighted by Gasteiger charge is -2.26. The van der Waals surface area contributed by atoms with Crippen molar-refractivity contribution < 1.29 is 14.6 Å². The molecule has 1 rings (SSSR count). The van der Waals surface area contributed by atoms with Gasteiger partial charge in [-0.2, -0.15) is 0 Å². The summed E-state index contributed by atoms with van der Waals surface area (Å²) in [5.74, 6) is 0.582. The SMILES string of the molecule is CC(C)(C)OC(=O)N1CCCC(CNCCO)CC1. The fourth-order valence-corrected chi connectivity index (χ4v) is 2.26. The number of hydrogen-bond donors (Lipinski definition) is 2. The van der Waals surface area contributed by atoms with Gasteiger partial charge in [0, 0.05) is 19.6 Å². The molecule has 0 saturated carbocycles. The predicted octanol–water partition coefficient (Wildman–Crippen LogP) is 1.61. The topological polar surface area (TPSA) is 61.8 Å². The van der Waals surface area contributed by atoms with E-state index in [-0.39, 0.29) is 12.7 Å². The Bertz CT molecular complexity index is 276. The van der Waals surface area contributed by atoms with Crippen LogP contribution in [-0.4, -0.2) is 54.5 Å². The van der Waals surface area contributed by atoms with Crippen LogP contribution >= 0.6 is 0 Å². The largest absolute Gasteiger partial charge is 0.444 e. The molecule has 0 aromatic heterocycles. The van der Waals surface area contributed by atoms with Crippen LogP contribution in [0.1, 0.15) is 40.0 Å². The Hall–Kier alpha value is -0.810. The van der Waals surface area contributed by atoms with E-state index in [9.17, 15) is 4.79 Å². The summed E-state index contributed by atoms with van der Waals surface area (Å²) in [5.41, 5.74) is -0.425. The average Bonchev–Trinajstić information content (AvgIpc) is 2.53. The molecule has 1 aliphatic rings. The van der Waals surface area contributed by atoms with Crippen molar-refractivity contribution in [2.75, 3.05) is 32.8 Å². The zero-order valence-electron chi connectivity index (χ0n) is 12.4. The van der Waals surface area contributed by atoms with E-state index < -0.39 is 5.60 Å². The maximum atomic E-state index is 12.0. The maximum Gasteiger partial charge on any atom is 0.410 e. The molecule has 1 aliphatic heterocycles. The van der Waals surface area contributed by atoms with Gasteiger partial charge in [-0.25, -0.2) is 4.79 Å². The predicted molar refractivity (Wildman–Crippen MR) is 75.1 cm³/mol. The number of carbonyl (C=O) groups excluding carboxylic acids is 1. The van der Waals surface area contributed by atoms with Gasteiger partial charge in [-0.15, -0.1) is 0 Å². The van der Waals surface area contributed by atoms with Crippen molar-refractivity contribution in [2.24, 2.45) is 5.92 Å². The van der Waals surface area contributed by atoms with Crippen LogP contribution in [0, 0.1) is 5.92 Å². The van der Waals surface area contributed by atoms with Crippen LogP contribution in [0.15, 0.2) is 0 Å². The van der Waals surface area contributed by atoms with Gasteiger partial charge in [-0.1, -0.05) is 0 Å². The summed E-state index contributed by atoms with van der Waals surface area (Å²) < 4.78 is 5.40. The highest BCUT2D eigenvalue weighted by atomic mass is 16.6. The quantitative estimate of drug-likeness (QED) is 0.763. The van der Waals surface area contributed by atoms with Crippen molar-refractivity contribution in [1.82, 2.24) is 10.2 Å². The molecule has 0 spiro atoms. The molecule has 0 aromatic carbocycles. The molecule has 5 nitrogen and oxygen atoms in total. The molecule has 0 bridgehead atoms. The number of nitrogens with zero attached hydrogens (tertiary/aromatic N) is 1. The summed E-state index contributed by atoms with van der Waals surface area (Å²) in [6.07, 6.45) is 2.94. The number of aliphatic hydroxyl groups is 1. The number of likely N-dealkylation sites (tertiary alicyclic amines) is 1. The summed E-state index contributed by atoms with van der Waals surface area (Å²) >= 11 is 0. The first-order valence-electron chi connectivity index (χ1n) is 7.22. The molecule has 1 unspecified atom stereocenters. The molecule has 0 radical (unpaired) electrons. The molecule has 0 aromatic rings. The third-order valence-electron chi connectivity index (χ3n) is 3.22. The second-order valence-electron chi connectivity index (χ2n) is 6.19. The number of aliphatic hydroxyl groups excluding tert-OH is 1. The highest BCUT2D eigenvalue weighted by Crippen LogP contribution is 2.19. The van der Waals surface area contributed by atoms with Crippen LogP contribution < -0.4 is 5.32 Å². The van der Waals surface area contributed by atoms with Crippen molar-refractivity contribution in [3.05, 3.63) is 0 Å². The van der Waals surface area contributed by atoms with E-state index in [0.717, 1.165) is 38.9 Å². The normalized spacial score (nSPS) is 21.1. The van der Waals surface area contributed by atoms with Crippen LogP contribution in [-0.2, 0) is 4.74 Å². The monoisotopic (exact) mass is 272 g/mol. The number of hydrogen-bond acceptors (Lipinski definition) is 4. The van der Waals surface area contributed by atoms with Gasteiger partial charge in [-0.3, -0.25) is 0 Å². The molecule has 1 atom stereocenters. The summed E-state index contributed by atoms with van der Waals surface area (Å²) in [4.78, 5) is 13.8. The first-order valence-corrected chi connectivity index (χ1v) is 7.22. The highest BCUT2D eigenvalue weighted by Gasteiger charge is 2.24. The molecule has 1 saturated heterocycles. The molecule has 1 amide bonds. The van der Waals surface area contributed by atoms with E-state index in [4.69, 9.17) is 9.84 Å². The third kappa shape index (κ3) is 6.78. The number of carbonyl (C=O) groups is 1. The minimum atomic E-state index is -0.425. The van der Waals surface area contributed by atoms with Gasteiger partial charge < -0.3 is 20.1 Å². The highest BCUT2D eigenvalue weighted by molar-refractivity contribution is 5.68. The molecule has 112 valence electrons. The number of ether oxygens (including phenoxy) is 1. The van der Waals surface area contributed by atoms with Crippen LogP contribution in [0.2, 0.25) is 0 Å². The summed E-state index contributed by atoms with van der Waals surface area (Å²) in [6.45, 7) is 8.97. The van der Waals surface area contributed by atoms with Crippen LogP contribution in [0.4, 0.5) is 4.79 Å². The van der Waals surface area contributed by atoms with Crippen LogP contribution in [0.5, 0.6) is 0 Å². The van der Waals surface area contributed by atoms with Gasteiger partial charge in [-0.05, 0) is 52.5 Å². The van der Waals surface area contributed by atoms with Crippen LogP contribution in [0.25, 0.3) is 0 Å². The van der Waals surface area contributed by atoms with Crippen molar-refractivity contribution in [2.45, 2.75) is 45.6 Å². The Kier molecular flexibility index (Phi) is 6.58. The smallest absolute Gasteiger partial charge is 0.410 e. The van der Waals surface area contributed by atoms with E-state index in [1.165, 1.54) is 0 Å². The molecule has 0 aliphatic carbocycles. The van der Waals surface area contributed by atoms with Gasteiger partial charge in [0.1, 0.15) is 5.60 Å². The second-order valence-corrected chi connectivity index (χ2v) is 6.19. The zero-order valence-corrected chi connectivity index (χ0v) is 12.4. The number of amides is 1. The Morgan fingerprint density at radius 2 is 2.11 bits per heavy atom. The third-order valence-corrected chi connectivity index (χ3v) is 3.22. The van der Waals surface area contributed by atoms with Crippen molar-refractivity contribution in [3.63, 3.8) is 0 Å². The molecule has 5 heteroatoms. The Labute approximate surface area is 116 Å². The van der Waals surface area contributed by atoms with E-state index in [1.807, 2.05) is 25.7 Å². The Balaban J connectivity index is 2.34. The van der Waals surface area contributed by atoms with Crippen molar-refractivity contribution in [3.8, 4) is 0 Å². The molecular formula is C14H28N2O3. The van der Waals surface area contributed by atoms with E-state index in [0.29, 0.717) is 12.5 Å². The van der Waals surface area contributed by atoms with Crippen LogP contribution in [0.3, 0.4) is 0 Å². The number of nitrogens with one attached hydrogen (secondary N) is 1. The van der Waals surface area contributed by atoms with Crippen molar-refractivity contribution >= 4 is 6.09 Å². The minimum absolute atomic E-state index is 0.177. The second kappa shape index (κ2) is 7.70. The fourth-order valence-electron chi connectivity index (χ4n) is 2.26. The van der Waals surface area contributed by atoms with Gasteiger partial charge in [0.25, 0.3) is 0 Å². The van der Waals surface area contributed by atoms with E-state index in [2.05, 4.69) is 5.32 Å². The number of rotatable bonds is 4. The lowest BCUT2D eigenvalue weighted by Crippen LogP contribution is -2.37. The molecule has 2 N–H and O–H groups in total. The Morgan fingerprint density at radius 1 is 1.37 bits per heavy atom.